The Kier molecular flexibility index (Phi) is 1.76. The van der Waals surface area contributed by atoms with Gasteiger partial charge in [0.2, 0.25) is 0 Å². The van der Waals surface area contributed by atoms with E-state index < -0.39 is 5.54 Å². The molecule has 1 saturated heterocycles. The lowest BCUT2D eigenvalue weighted by molar-refractivity contribution is -0.148. The SMILES string of the molecule is C=COC(=O)C1(C)CCN1. The minimum absolute atomic E-state index is 0.242. The molecule has 0 aromatic carbocycles. The Bertz CT molecular complexity index is 161. The van der Waals surface area contributed by atoms with Crippen LogP contribution in [0.2, 0.25) is 0 Å². The van der Waals surface area contributed by atoms with E-state index in [1.165, 1.54) is 0 Å². The van der Waals surface area contributed by atoms with Crippen LogP contribution in [0.4, 0.5) is 0 Å². The van der Waals surface area contributed by atoms with E-state index in [0.717, 1.165) is 19.2 Å². The second-order valence-electron chi connectivity index (χ2n) is 2.58. The van der Waals surface area contributed by atoms with E-state index in [2.05, 4.69) is 16.6 Å². The third-order valence-electron chi connectivity index (χ3n) is 1.78. The second kappa shape index (κ2) is 2.42. The highest BCUT2D eigenvalue weighted by Gasteiger charge is 2.40. The van der Waals surface area contributed by atoms with E-state index in [0.29, 0.717) is 0 Å². The van der Waals surface area contributed by atoms with Gasteiger partial charge >= 0.3 is 5.97 Å². The van der Waals surface area contributed by atoms with E-state index >= 15 is 0 Å². The Morgan fingerprint density at radius 1 is 1.90 bits per heavy atom. The first-order valence-corrected chi connectivity index (χ1v) is 3.26. The van der Waals surface area contributed by atoms with Crippen LogP contribution in [0.1, 0.15) is 13.3 Å². The van der Waals surface area contributed by atoms with E-state index in [9.17, 15) is 4.79 Å². The van der Waals surface area contributed by atoms with Crippen LogP contribution in [-0.2, 0) is 9.53 Å². The topological polar surface area (TPSA) is 38.3 Å². The molecule has 1 N–H and O–H groups in total. The van der Waals surface area contributed by atoms with Crippen molar-refractivity contribution in [2.45, 2.75) is 18.9 Å². The van der Waals surface area contributed by atoms with E-state index in [1.54, 1.807) is 0 Å². The molecule has 1 fully saturated rings. The maximum Gasteiger partial charge on any atom is 0.330 e. The van der Waals surface area contributed by atoms with Crippen molar-refractivity contribution in [3.05, 3.63) is 12.8 Å². The summed E-state index contributed by atoms with van der Waals surface area (Å²) in [6, 6.07) is 0. The number of hydrogen-bond acceptors (Lipinski definition) is 3. The maximum atomic E-state index is 11.0. The quantitative estimate of drug-likeness (QED) is 0.447. The summed E-state index contributed by atoms with van der Waals surface area (Å²) in [4.78, 5) is 11.0. The van der Waals surface area contributed by atoms with Crippen molar-refractivity contribution in [3.63, 3.8) is 0 Å². The van der Waals surface area contributed by atoms with Crippen molar-refractivity contribution in [2.75, 3.05) is 6.54 Å². The number of esters is 1. The summed E-state index contributed by atoms with van der Waals surface area (Å²) in [7, 11) is 0. The molecule has 1 aliphatic rings. The highest BCUT2D eigenvalue weighted by Crippen LogP contribution is 2.19. The molecule has 0 bridgehead atoms. The lowest BCUT2D eigenvalue weighted by Gasteiger charge is -2.36. The van der Waals surface area contributed by atoms with Crippen LogP contribution in [0.3, 0.4) is 0 Å². The molecule has 0 amide bonds. The fourth-order valence-corrected chi connectivity index (χ4v) is 0.880. The molecular weight excluding hydrogens is 130 g/mol. The molecule has 1 aliphatic heterocycles. The molecule has 56 valence electrons. The van der Waals surface area contributed by atoms with Crippen LogP contribution >= 0.6 is 0 Å². The van der Waals surface area contributed by atoms with Crippen LogP contribution in [0.5, 0.6) is 0 Å². The largest absolute Gasteiger partial charge is 0.434 e. The van der Waals surface area contributed by atoms with Crippen LogP contribution in [0, 0.1) is 0 Å². The first kappa shape index (κ1) is 7.28. The zero-order valence-electron chi connectivity index (χ0n) is 6.02. The minimum atomic E-state index is -0.450. The average molecular weight is 141 g/mol. The first-order valence-electron chi connectivity index (χ1n) is 3.26. The van der Waals surface area contributed by atoms with Gasteiger partial charge in [-0.15, -0.1) is 0 Å². The summed E-state index contributed by atoms with van der Waals surface area (Å²) < 4.78 is 4.61. The number of carbonyl (C=O) groups is 1. The molecule has 1 heterocycles. The van der Waals surface area contributed by atoms with Crippen molar-refractivity contribution in [1.29, 1.82) is 0 Å². The molecule has 3 nitrogen and oxygen atoms in total. The van der Waals surface area contributed by atoms with E-state index in [-0.39, 0.29) is 5.97 Å². The highest BCUT2D eigenvalue weighted by atomic mass is 16.5. The van der Waals surface area contributed by atoms with Gasteiger partial charge in [0.05, 0.1) is 6.26 Å². The predicted molar refractivity (Wildman–Crippen MR) is 37.3 cm³/mol. The molecule has 0 spiro atoms. The highest BCUT2D eigenvalue weighted by molar-refractivity contribution is 5.81. The van der Waals surface area contributed by atoms with Crippen LogP contribution in [-0.4, -0.2) is 18.1 Å². The Hall–Kier alpha value is -0.830. The smallest absolute Gasteiger partial charge is 0.330 e. The normalized spacial score (nSPS) is 30.5. The summed E-state index contributed by atoms with van der Waals surface area (Å²) in [6.45, 7) is 6.02. The maximum absolute atomic E-state index is 11.0. The van der Waals surface area contributed by atoms with Crippen molar-refractivity contribution in [3.8, 4) is 0 Å². The summed E-state index contributed by atoms with van der Waals surface area (Å²) >= 11 is 0. The second-order valence-corrected chi connectivity index (χ2v) is 2.58. The molecule has 1 atom stereocenters. The molecule has 0 saturated carbocycles. The van der Waals surface area contributed by atoms with Crippen LogP contribution in [0.15, 0.2) is 12.8 Å². The molecule has 0 radical (unpaired) electrons. The van der Waals surface area contributed by atoms with Crippen LogP contribution < -0.4 is 5.32 Å². The number of ether oxygens (including phenoxy) is 1. The lowest BCUT2D eigenvalue weighted by Crippen LogP contribution is -2.60. The third-order valence-corrected chi connectivity index (χ3v) is 1.78. The van der Waals surface area contributed by atoms with Gasteiger partial charge in [-0.25, -0.2) is 4.79 Å². The van der Waals surface area contributed by atoms with Gasteiger partial charge in [-0.3, -0.25) is 0 Å². The van der Waals surface area contributed by atoms with Crippen molar-refractivity contribution >= 4 is 5.97 Å². The van der Waals surface area contributed by atoms with Crippen molar-refractivity contribution < 1.29 is 9.53 Å². The molecule has 0 aliphatic carbocycles. The Balaban J connectivity index is 2.46. The molecule has 10 heavy (non-hydrogen) atoms. The summed E-state index contributed by atoms with van der Waals surface area (Å²) in [6.07, 6.45) is 2.01. The van der Waals surface area contributed by atoms with E-state index in [4.69, 9.17) is 0 Å². The standard InChI is InChI=1S/C7H11NO2/c1-3-10-6(9)7(2)4-5-8-7/h3,8H,1,4-5H2,2H3. The Labute approximate surface area is 60.1 Å². The zero-order chi connectivity index (χ0) is 7.61. The van der Waals surface area contributed by atoms with Gasteiger partial charge < -0.3 is 10.1 Å². The molecule has 0 aromatic rings. The van der Waals surface area contributed by atoms with Crippen molar-refractivity contribution in [1.82, 2.24) is 5.32 Å². The number of nitrogens with one attached hydrogen (secondary N) is 1. The first-order chi connectivity index (χ1) is 4.69. The van der Waals surface area contributed by atoms with Crippen molar-refractivity contribution in [2.24, 2.45) is 0 Å². The van der Waals surface area contributed by atoms with Gasteiger partial charge in [-0.1, -0.05) is 6.58 Å². The van der Waals surface area contributed by atoms with Gasteiger partial charge in [-0.05, 0) is 19.9 Å². The molecule has 1 unspecified atom stereocenters. The number of carbonyl (C=O) groups excluding carboxylic acids is 1. The fourth-order valence-electron chi connectivity index (χ4n) is 0.880. The molecule has 3 heteroatoms. The van der Waals surface area contributed by atoms with Gasteiger partial charge in [0.1, 0.15) is 5.54 Å². The third kappa shape index (κ3) is 1.04. The minimum Gasteiger partial charge on any atom is -0.434 e. The van der Waals surface area contributed by atoms with Gasteiger partial charge in [-0.2, -0.15) is 0 Å². The fraction of sp³-hybridized carbons (Fsp3) is 0.571. The number of rotatable bonds is 2. The molecular formula is C7H11NO2. The molecule has 0 aromatic heterocycles. The van der Waals surface area contributed by atoms with Gasteiger partial charge in [0.15, 0.2) is 0 Å². The van der Waals surface area contributed by atoms with Gasteiger partial charge in [0.25, 0.3) is 0 Å². The molecule has 1 rings (SSSR count). The van der Waals surface area contributed by atoms with Gasteiger partial charge in [0, 0.05) is 0 Å². The average Bonchev–Trinajstić information content (AvgIpc) is 1.83. The Morgan fingerprint density at radius 3 is 2.80 bits per heavy atom. The zero-order valence-corrected chi connectivity index (χ0v) is 6.02. The summed E-state index contributed by atoms with van der Waals surface area (Å²) in [5.41, 5.74) is -0.450. The predicted octanol–water partition coefficient (Wildman–Crippen LogP) is 0.425. The Morgan fingerprint density at radius 2 is 2.50 bits per heavy atom. The summed E-state index contributed by atoms with van der Waals surface area (Å²) in [5, 5.41) is 2.98. The van der Waals surface area contributed by atoms with E-state index in [1.807, 2.05) is 6.92 Å². The lowest BCUT2D eigenvalue weighted by atomic mass is 9.91. The summed E-state index contributed by atoms with van der Waals surface area (Å²) in [5.74, 6) is -0.242. The monoisotopic (exact) mass is 141 g/mol. The van der Waals surface area contributed by atoms with Crippen LogP contribution in [0.25, 0.3) is 0 Å². The number of hydrogen-bond donors (Lipinski definition) is 1.